The number of rotatable bonds is 5. The van der Waals surface area contributed by atoms with E-state index < -0.39 is 17.6 Å². The van der Waals surface area contributed by atoms with E-state index in [4.69, 9.17) is 4.74 Å². The number of carbonyl (C=O) groups excluding carboxylic acids is 1. The quantitative estimate of drug-likeness (QED) is 0.639. The van der Waals surface area contributed by atoms with Crippen molar-refractivity contribution in [2.24, 2.45) is 0 Å². The van der Waals surface area contributed by atoms with Crippen LogP contribution in [0.3, 0.4) is 0 Å². The summed E-state index contributed by atoms with van der Waals surface area (Å²) in [6.07, 6.45) is -3.18. The van der Waals surface area contributed by atoms with E-state index in [1.165, 1.54) is 36.5 Å². The molecule has 0 aliphatic carbocycles. The normalized spacial score (nSPS) is 11.0. The summed E-state index contributed by atoms with van der Waals surface area (Å²) >= 11 is 0. The molecular weight excluding hydrogens is 371 g/mol. The van der Waals surface area contributed by atoms with E-state index in [9.17, 15) is 18.0 Å². The van der Waals surface area contributed by atoms with Gasteiger partial charge in [0.2, 0.25) is 0 Å². The zero-order valence-corrected chi connectivity index (χ0v) is 14.7. The van der Waals surface area contributed by atoms with Crippen LogP contribution >= 0.6 is 0 Å². The minimum atomic E-state index is -4.48. The van der Waals surface area contributed by atoms with Crippen molar-refractivity contribution in [3.63, 3.8) is 0 Å². The van der Waals surface area contributed by atoms with Crippen LogP contribution in [0.1, 0.15) is 16.1 Å². The predicted octanol–water partition coefficient (Wildman–Crippen LogP) is 5.10. The number of amides is 1. The van der Waals surface area contributed by atoms with Gasteiger partial charge in [-0.3, -0.25) is 4.79 Å². The number of nitrogens with one attached hydrogen (secondary N) is 2. The monoisotopic (exact) mass is 387 g/mol. The van der Waals surface area contributed by atoms with E-state index in [-0.39, 0.29) is 11.4 Å². The van der Waals surface area contributed by atoms with Gasteiger partial charge in [-0.2, -0.15) is 13.2 Å². The third-order valence-corrected chi connectivity index (χ3v) is 3.86. The first-order valence-corrected chi connectivity index (χ1v) is 8.21. The Morgan fingerprint density at radius 1 is 0.964 bits per heavy atom. The Hall–Kier alpha value is -3.55. The van der Waals surface area contributed by atoms with Crippen molar-refractivity contribution < 1.29 is 22.7 Å². The van der Waals surface area contributed by atoms with Gasteiger partial charge < -0.3 is 15.4 Å². The Labute approximate surface area is 159 Å². The van der Waals surface area contributed by atoms with Crippen molar-refractivity contribution in [3.05, 3.63) is 78.1 Å². The van der Waals surface area contributed by atoms with Gasteiger partial charge in [0.25, 0.3) is 5.91 Å². The molecule has 0 radical (unpaired) electrons. The maximum Gasteiger partial charge on any atom is 0.418 e. The summed E-state index contributed by atoms with van der Waals surface area (Å²) in [6.45, 7) is 0. The Kier molecular flexibility index (Phi) is 5.49. The molecule has 0 aliphatic heterocycles. The predicted molar refractivity (Wildman–Crippen MR) is 99.9 cm³/mol. The number of anilines is 3. The number of para-hydroxylation sites is 1. The van der Waals surface area contributed by atoms with E-state index in [2.05, 4.69) is 15.6 Å². The lowest BCUT2D eigenvalue weighted by Gasteiger charge is -2.14. The number of methoxy groups -OCH3 is 1. The Morgan fingerprint density at radius 2 is 1.64 bits per heavy atom. The number of ether oxygens (including phenoxy) is 1. The Bertz CT molecular complexity index is 956. The molecule has 3 aromatic rings. The fraction of sp³-hybridized carbons (Fsp3) is 0.100. The van der Waals surface area contributed by atoms with Crippen LogP contribution in [-0.4, -0.2) is 18.0 Å². The minimum Gasteiger partial charge on any atom is -0.497 e. The number of benzene rings is 2. The maximum absolute atomic E-state index is 13.1. The molecule has 2 N–H and O–H groups in total. The first-order valence-electron chi connectivity index (χ1n) is 8.21. The van der Waals surface area contributed by atoms with E-state index in [0.29, 0.717) is 17.1 Å². The lowest BCUT2D eigenvalue weighted by molar-refractivity contribution is -0.136. The van der Waals surface area contributed by atoms with Crippen LogP contribution in [0.2, 0.25) is 0 Å². The molecule has 0 spiro atoms. The average molecular weight is 387 g/mol. The van der Waals surface area contributed by atoms with Crippen molar-refractivity contribution >= 4 is 23.0 Å². The molecule has 0 saturated carbocycles. The van der Waals surface area contributed by atoms with E-state index in [1.807, 2.05) is 0 Å². The van der Waals surface area contributed by atoms with E-state index in [0.717, 1.165) is 6.07 Å². The number of aromatic nitrogens is 1. The SMILES string of the molecule is COc1ccc(NC(=O)c2ccc(Nc3ccccc3C(F)(F)F)cn2)cc1. The van der Waals surface area contributed by atoms with Gasteiger partial charge in [0, 0.05) is 5.69 Å². The molecule has 2 aromatic carbocycles. The van der Waals surface area contributed by atoms with Gasteiger partial charge in [0.15, 0.2) is 0 Å². The number of hydrogen-bond acceptors (Lipinski definition) is 4. The molecule has 3 rings (SSSR count). The largest absolute Gasteiger partial charge is 0.497 e. The molecule has 1 heterocycles. The third-order valence-electron chi connectivity index (χ3n) is 3.86. The molecule has 5 nitrogen and oxygen atoms in total. The van der Waals surface area contributed by atoms with Crippen molar-refractivity contribution in [2.75, 3.05) is 17.7 Å². The highest BCUT2D eigenvalue weighted by atomic mass is 19.4. The lowest BCUT2D eigenvalue weighted by atomic mass is 10.1. The molecule has 0 unspecified atom stereocenters. The highest BCUT2D eigenvalue weighted by Gasteiger charge is 2.33. The Balaban J connectivity index is 1.70. The second-order valence-corrected chi connectivity index (χ2v) is 5.78. The third kappa shape index (κ3) is 4.59. The smallest absolute Gasteiger partial charge is 0.418 e. The Morgan fingerprint density at radius 3 is 2.25 bits per heavy atom. The lowest BCUT2D eigenvalue weighted by Crippen LogP contribution is -2.13. The summed E-state index contributed by atoms with van der Waals surface area (Å²) in [4.78, 5) is 16.3. The zero-order valence-electron chi connectivity index (χ0n) is 14.7. The highest BCUT2D eigenvalue weighted by molar-refractivity contribution is 6.03. The fourth-order valence-electron chi connectivity index (χ4n) is 2.47. The first-order chi connectivity index (χ1) is 13.4. The number of nitrogens with zero attached hydrogens (tertiary/aromatic N) is 1. The summed E-state index contributed by atoms with van der Waals surface area (Å²) in [5.74, 6) is 0.220. The number of hydrogen-bond donors (Lipinski definition) is 2. The van der Waals surface area contributed by atoms with Crippen LogP contribution in [-0.2, 0) is 6.18 Å². The summed E-state index contributed by atoms with van der Waals surface area (Å²) in [5.41, 5.74) is 0.153. The molecule has 0 bridgehead atoms. The second kappa shape index (κ2) is 7.99. The van der Waals surface area contributed by atoms with Gasteiger partial charge in [-0.25, -0.2) is 4.98 Å². The van der Waals surface area contributed by atoms with Crippen LogP contribution in [0, 0.1) is 0 Å². The van der Waals surface area contributed by atoms with Crippen molar-refractivity contribution in [1.82, 2.24) is 4.98 Å². The zero-order chi connectivity index (χ0) is 20.1. The van der Waals surface area contributed by atoms with Gasteiger partial charge in [-0.05, 0) is 48.5 Å². The van der Waals surface area contributed by atoms with Crippen LogP contribution in [0.4, 0.5) is 30.2 Å². The van der Waals surface area contributed by atoms with Gasteiger partial charge >= 0.3 is 6.18 Å². The highest BCUT2D eigenvalue weighted by Crippen LogP contribution is 2.35. The summed E-state index contributed by atoms with van der Waals surface area (Å²) < 4.78 is 44.2. The molecule has 144 valence electrons. The molecule has 28 heavy (non-hydrogen) atoms. The van der Waals surface area contributed by atoms with Gasteiger partial charge in [0.1, 0.15) is 11.4 Å². The van der Waals surface area contributed by atoms with Crippen molar-refractivity contribution in [3.8, 4) is 5.75 Å². The molecule has 1 amide bonds. The summed E-state index contributed by atoms with van der Waals surface area (Å²) in [5, 5.41) is 5.36. The molecule has 0 aliphatic rings. The fourth-order valence-corrected chi connectivity index (χ4v) is 2.47. The molecular formula is C20H16F3N3O2. The topological polar surface area (TPSA) is 63.2 Å². The summed E-state index contributed by atoms with van der Waals surface area (Å²) in [6, 6.07) is 14.8. The first kappa shape index (κ1) is 19.2. The van der Waals surface area contributed by atoms with Crippen LogP contribution in [0.5, 0.6) is 5.75 Å². The van der Waals surface area contributed by atoms with Crippen molar-refractivity contribution in [2.45, 2.75) is 6.18 Å². The maximum atomic E-state index is 13.1. The van der Waals surface area contributed by atoms with Gasteiger partial charge in [-0.15, -0.1) is 0 Å². The van der Waals surface area contributed by atoms with Crippen LogP contribution in [0.25, 0.3) is 0 Å². The minimum absolute atomic E-state index is 0.0905. The molecule has 0 saturated heterocycles. The number of carbonyl (C=O) groups is 1. The summed E-state index contributed by atoms with van der Waals surface area (Å²) in [7, 11) is 1.54. The van der Waals surface area contributed by atoms with Gasteiger partial charge in [0.05, 0.1) is 30.2 Å². The number of alkyl halides is 3. The van der Waals surface area contributed by atoms with E-state index >= 15 is 0 Å². The second-order valence-electron chi connectivity index (χ2n) is 5.78. The van der Waals surface area contributed by atoms with Gasteiger partial charge in [-0.1, -0.05) is 12.1 Å². The standard InChI is InChI=1S/C20H16F3N3O2/c1-28-15-9-6-13(7-10-15)26-19(27)18-11-8-14(12-24-18)25-17-5-3-2-4-16(17)20(21,22)23/h2-12,25H,1H3,(H,26,27). The van der Waals surface area contributed by atoms with Crippen LogP contribution < -0.4 is 15.4 Å². The van der Waals surface area contributed by atoms with Crippen LogP contribution in [0.15, 0.2) is 66.9 Å². The molecule has 0 fully saturated rings. The number of halogens is 3. The molecule has 1 aromatic heterocycles. The van der Waals surface area contributed by atoms with E-state index in [1.54, 1.807) is 31.4 Å². The molecule has 8 heteroatoms. The number of pyridine rings is 1. The average Bonchev–Trinajstić information content (AvgIpc) is 2.69. The van der Waals surface area contributed by atoms with Crippen molar-refractivity contribution in [1.29, 1.82) is 0 Å². The molecule has 0 atom stereocenters.